The lowest BCUT2D eigenvalue weighted by atomic mass is 9.97. The number of hydrogen-bond donors (Lipinski definition) is 1. The van der Waals surface area contributed by atoms with Crippen LogP contribution in [0.3, 0.4) is 0 Å². The lowest BCUT2D eigenvalue weighted by Crippen LogP contribution is -2.44. The van der Waals surface area contributed by atoms with Crippen LogP contribution in [-0.2, 0) is 16.9 Å². The molecule has 2 aromatic carbocycles. The maximum Gasteiger partial charge on any atom is 0.250 e. The van der Waals surface area contributed by atoms with E-state index in [9.17, 15) is 9.90 Å². The molecule has 1 amide bonds. The third-order valence-electron chi connectivity index (χ3n) is 4.18. The van der Waals surface area contributed by atoms with Crippen LogP contribution in [0, 0.1) is 0 Å². The second kappa shape index (κ2) is 6.86. The molecule has 0 bridgehead atoms. The summed E-state index contributed by atoms with van der Waals surface area (Å²) in [6.45, 7) is 1.79. The van der Waals surface area contributed by atoms with Crippen LogP contribution in [0.4, 0.5) is 0 Å². The van der Waals surface area contributed by atoms with Crippen molar-refractivity contribution in [1.29, 1.82) is 0 Å². The number of halogens is 1. The second-order valence-electron chi connectivity index (χ2n) is 6.07. The third kappa shape index (κ3) is 3.52. The van der Waals surface area contributed by atoms with Crippen molar-refractivity contribution >= 4 is 23.2 Å². The number of benzene rings is 2. The van der Waals surface area contributed by atoms with Crippen molar-refractivity contribution in [2.45, 2.75) is 25.5 Å². The Bertz CT molecular complexity index is 802. The molecule has 25 heavy (non-hydrogen) atoms. The fourth-order valence-corrected chi connectivity index (χ4v) is 3.04. The van der Waals surface area contributed by atoms with Gasteiger partial charge in [0.05, 0.1) is 13.5 Å². The predicted octanol–water partition coefficient (Wildman–Crippen LogP) is 3.34. The average molecular weight is 359 g/mol. The first-order chi connectivity index (χ1) is 11.9. The van der Waals surface area contributed by atoms with Crippen LogP contribution in [0.5, 0.6) is 5.75 Å². The van der Waals surface area contributed by atoms with E-state index in [1.54, 1.807) is 50.4 Å². The topological polar surface area (TPSA) is 62.1 Å². The van der Waals surface area contributed by atoms with Crippen molar-refractivity contribution in [3.8, 4) is 5.75 Å². The monoisotopic (exact) mass is 358 g/mol. The molecular weight excluding hydrogens is 340 g/mol. The standard InChI is InChI=1S/C19H19ClN2O3/c1-13-12-19(24,15-5-7-16(20)8-6-15)22(21-13)18(23)11-14-3-9-17(25-2)10-4-14/h3-10,24H,11-12H2,1-2H3/t19-/m1/s1. The summed E-state index contributed by atoms with van der Waals surface area (Å²) in [6, 6.07) is 14.0. The van der Waals surface area contributed by atoms with Crippen molar-refractivity contribution < 1.29 is 14.6 Å². The van der Waals surface area contributed by atoms with Crippen molar-refractivity contribution in [2.24, 2.45) is 5.10 Å². The van der Waals surface area contributed by atoms with Crippen LogP contribution in [0.2, 0.25) is 5.02 Å². The summed E-state index contributed by atoms with van der Waals surface area (Å²) in [4.78, 5) is 12.8. The van der Waals surface area contributed by atoms with Gasteiger partial charge in [-0.05, 0) is 36.8 Å². The van der Waals surface area contributed by atoms with Gasteiger partial charge in [-0.3, -0.25) is 4.79 Å². The summed E-state index contributed by atoms with van der Waals surface area (Å²) in [5.41, 5.74) is 0.614. The predicted molar refractivity (Wildman–Crippen MR) is 96.6 cm³/mol. The lowest BCUT2D eigenvalue weighted by Gasteiger charge is -2.31. The molecule has 0 radical (unpaired) electrons. The first kappa shape index (κ1) is 17.5. The van der Waals surface area contributed by atoms with Crippen LogP contribution in [0.25, 0.3) is 0 Å². The Morgan fingerprint density at radius 1 is 1.24 bits per heavy atom. The van der Waals surface area contributed by atoms with Crippen LogP contribution >= 0.6 is 11.6 Å². The van der Waals surface area contributed by atoms with Crippen molar-refractivity contribution in [3.63, 3.8) is 0 Å². The molecule has 0 fully saturated rings. The molecule has 1 aliphatic heterocycles. The van der Waals surface area contributed by atoms with Gasteiger partial charge in [0.15, 0.2) is 5.72 Å². The van der Waals surface area contributed by atoms with Gasteiger partial charge in [0.2, 0.25) is 5.91 Å². The number of hydrogen-bond acceptors (Lipinski definition) is 4. The van der Waals surface area contributed by atoms with E-state index in [-0.39, 0.29) is 18.7 Å². The number of amides is 1. The van der Waals surface area contributed by atoms with Gasteiger partial charge in [-0.2, -0.15) is 10.1 Å². The van der Waals surface area contributed by atoms with Gasteiger partial charge in [0.25, 0.3) is 0 Å². The molecule has 1 heterocycles. The van der Waals surface area contributed by atoms with Crippen molar-refractivity contribution in [2.75, 3.05) is 7.11 Å². The first-order valence-electron chi connectivity index (χ1n) is 7.91. The van der Waals surface area contributed by atoms with E-state index in [1.165, 1.54) is 5.01 Å². The molecule has 130 valence electrons. The van der Waals surface area contributed by atoms with Gasteiger partial charge in [-0.25, -0.2) is 0 Å². The molecule has 5 nitrogen and oxygen atoms in total. The smallest absolute Gasteiger partial charge is 0.250 e. The number of aliphatic hydroxyl groups is 1. The van der Waals surface area contributed by atoms with E-state index in [0.29, 0.717) is 16.3 Å². The van der Waals surface area contributed by atoms with Crippen LogP contribution in [0.15, 0.2) is 53.6 Å². The number of methoxy groups -OCH3 is 1. The third-order valence-corrected chi connectivity index (χ3v) is 4.43. The SMILES string of the molecule is COc1ccc(CC(=O)N2N=C(C)C[C@@]2(O)c2ccc(Cl)cc2)cc1. The number of hydrazone groups is 1. The summed E-state index contributed by atoms with van der Waals surface area (Å²) in [6.07, 6.45) is 0.402. The summed E-state index contributed by atoms with van der Waals surface area (Å²) < 4.78 is 5.12. The summed E-state index contributed by atoms with van der Waals surface area (Å²) in [5, 5.41) is 17.1. The zero-order chi connectivity index (χ0) is 18.0. The Kier molecular flexibility index (Phi) is 4.79. The maximum absolute atomic E-state index is 12.8. The van der Waals surface area contributed by atoms with Gasteiger partial charge in [-0.1, -0.05) is 35.9 Å². The Morgan fingerprint density at radius 3 is 2.48 bits per heavy atom. The van der Waals surface area contributed by atoms with Crippen molar-refractivity contribution in [3.05, 3.63) is 64.7 Å². The van der Waals surface area contributed by atoms with Crippen LogP contribution in [-0.4, -0.2) is 28.8 Å². The van der Waals surface area contributed by atoms with Gasteiger partial charge in [-0.15, -0.1) is 0 Å². The van der Waals surface area contributed by atoms with Gasteiger partial charge >= 0.3 is 0 Å². The highest BCUT2D eigenvalue weighted by molar-refractivity contribution is 6.30. The lowest BCUT2D eigenvalue weighted by molar-refractivity contribution is -0.157. The quantitative estimate of drug-likeness (QED) is 0.911. The highest BCUT2D eigenvalue weighted by Gasteiger charge is 2.44. The van der Waals surface area contributed by atoms with Crippen LogP contribution < -0.4 is 4.74 Å². The number of carbonyl (C=O) groups is 1. The first-order valence-corrected chi connectivity index (χ1v) is 8.28. The molecule has 2 aromatic rings. The highest BCUT2D eigenvalue weighted by Crippen LogP contribution is 2.36. The van der Waals surface area contributed by atoms with Crippen LogP contribution in [0.1, 0.15) is 24.5 Å². The Balaban J connectivity index is 1.84. The van der Waals surface area contributed by atoms with Gasteiger partial charge in [0, 0.05) is 22.7 Å². The molecule has 1 aliphatic rings. The molecule has 0 spiro atoms. The average Bonchev–Trinajstić information content (AvgIpc) is 2.92. The zero-order valence-electron chi connectivity index (χ0n) is 14.1. The number of nitrogens with zero attached hydrogens (tertiary/aromatic N) is 2. The Labute approximate surface area is 151 Å². The minimum atomic E-state index is -1.49. The van der Waals surface area contributed by atoms with E-state index >= 15 is 0 Å². The summed E-state index contributed by atoms with van der Waals surface area (Å²) in [5.74, 6) is 0.448. The molecule has 1 atom stereocenters. The molecule has 6 heteroatoms. The van der Waals surface area contributed by atoms with E-state index in [2.05, 4.69) is 5.10 Å². The minimum absolute atomic E-state index is 0.136. The second-order valence-corrected chi connectivity index (χ2v) is 6.50. The number of carbonyl (C=O) groups excluding carboxylic acids is 1. The Morgan fingerprint density at radius 2 is 1.88 bits per heavy atom. The van der Waals surface area contributed by atoms with E-state index in [0.717, 1.165) is 11.3 Å². The molecule has 1 N–H and O–H groups in total. The zero-order valence-corrected chi connectivity index (χ0v) is 14.8. The molecule has 0 aromatic heterocycles. The van der Waals surface area contributed by atoms with Crippen molar-refractivity contribution in [1.82, 2.24) is 5.01 Å². The van der Waals surface area contributed by atoms with Gasteiger partial charge in [0.1, 0.15) is 5.75 Å². The molecule has 0 aliphatic carbocycles. The van der Waals surface area contributed by atoms with E-state index in [4.69, 9.17) is 16.3 Å². The molecule has 0 saturated carbocycles. The fraction of sp³-hybridized carbons (Fsp3) is 0.263. The minimum Gasteiger partial charge on any atom is -0.497 e. The summed E-state index contributed by atoms with van der Waals surface area (Å²) in [7, 11) is 1.59. The fourth-order valence-electron chi connectivity index (χ4n) is 2.92. The summed E-state index contributed by atoms with van der Waals surface area (Å²) >= 11 is 5.92. The molecular formula is C19H19ClN2O3. The Hall–Kier alpha value is -2.37. The number of ether oxygens (including phenoxy) is 1. The molecule has 0 saturated heterocycles. The highest BCUT2D eigenvalue weighted by atomic mass is 35.5. The normalized spacial score (nSPS) is 19.7. The maximum atomic E-state index is 12.8. The van der Waals surface area contributed by atoms with E-state index < -0.39 is 5.72 Å². The number of rotatable bonds is 4. The largest absolute Gasteiger partial charge is 0.497 e. The molecule has 0 unspecified atom stereocenters. The van der Waals surface area contributed by atoms with Gasteiger partial charge < -0.3 is 9.84 Å². The molecule has 3 rings (SSSR count). The van der Waals surface area contributed by atoms with E-state index in [1.807, 2.05) is 12.1 Å².